The Hall–Kier alpha value is -1.28. The number of nitrogens with zero attached hydrogens (tertiary/aromatic N) is 1. The van der Waals surface area contributed by atoms with Gasteiger partial charge in [0.15, 0.2) is 9.84 Å². The second kappa shape index (κ2) is 6.76. The van der Waals surface area contributed by atoms with Gasteiger partial charge in [0.25, 0.3) is 5.69 Å². The molecule has 0 radical (unpaired) electrons. The summed E-state index contributed by atoms with van der Waals surface area (Å²) in [5, 5.41) is 13.9. The summed E-state index contributed by atoms with van der Waals surface area (Å²) < 4.78 is 22.7. The van der Waals surface area contributed by atoms with Gasteiger partial charge in [-0.25, -0.2) is 8.42 Å². The smallest absolute Gasteiger partial charge is 0.293 e. The Morgan fingerprint density at radius 1 is 1.42 bits per heavy atom. The van der Waals surface area contributed by atoms with Crippen LogP contribution in [0, 0.1) is 10.1 Å². The fourth-order valence-electron chi connectivity index (χ4n) is 1.48. The minimum Gasteiger partial charge on any atom is -0.379 e. The van der Waals surface area contributed by atoms with Gasteiger partial charge < -0.3 is 5.32 Å². The van der Waals surface area contributed by atoms with E-state index in [2.05, 4.69) is 5.32 Å². The van der Waals surface area contributed by atoms with Crippen molar-refractivity contribution >= 4 is 33.0 Å². The fraction of sp³-hybridized carbons (Fsp3) is 0.455. The first-order chi connectivity index (χ1) is 8.86. The lowest BCUT2D eigenvalue weighted by Crippen LogP contribution is -2.06. The monoisotopic (exact) mass is 304 g/mol. The summed E-state index contributed by atoms with van der Waals surface area (Å²) in [6.45, 7) is 0.611. The lowest BCUT2D eigenvalue weighted by atomic mass is 10.2. The van der Waals surface area contributed by atoms with Gasteiger partial charge in [0.2, 0.25) is 0 Å². The number of thioether (sulfide) groups is 1. The summed E-state index contributed by atoms with van der Waals surface area (Å²) in [7, 11) is -3.44. The first-order valence-corrected chi connectivity index (χ1v) is 8.86. The highest BCUT2D eigenvalue weighted by Gasteiger charge is 2.18. The minimum absolute atomic E-state index is 0.0473. The van der Waals surface area contributed by atoms with Crippen molar-refractivity contribution in [3.63, 3.8) is 0 Å². The maximum absolute atomic E-state index is 11.4. The molecule has 0 aliphatic heterocycles. The zero-order valence-corrected chi connectivity index (χ0v) is 12.4. The number of hydrogen-bond donors (Lipinski definition) is 1. The van der Waals surface area contributed by atoms with Crippen LogP contribution in [0.1, 0.15) is 6.42 Å². The number of hydrogen-bond acceptors (Lipinski definition) is 6. The zero-order valence-electron chi connectivity index (χ0n) is 10.8. The van der Waals surface area contributed by atoms with Gasteiger partial charge in [-0.2, -0.15) is 11.8 Å². The van der Waals surface area contributed by atoms with Crippen LogP contribution in [-0.2, 0) is 9.84 Å². The molecular weight excluding hydrogens is 288 g/mol. The molecule has 0 saturated heterocycles. The lowest BCUT2D eigenvalue weighted by Gasteiger charge is -2.07. The lowest BCUT2D eigenvalue weighted by molar-refractivity contribution is -0.384. The first-order valence-electron chi connectivity index (χ1n) is 5.57. The molecule has 0 unspecified atom stereocenters. The normalized spacial score (nSPS) is 11.3. The molecule has 8 heteroatoms. The summed E-state index contributed by atoms with van der Waals surface area (Å²) in [4.78, 5) is 10.3. The number of sulfone groups is 1. The number of nitrogens with one attached hydrogen (secondary N) is 1. The van der Waals surface area contributed by atoms with Crippen molar-refractivity contribution in [2.45, 2.75) is 11.3 Å². The van der Waals surface area contributed by atoms with Crippen LogP contribution in [0.2, 0.25) is 0 Å². The molecule has 0 fully saturated rings. The second-order valence-electron chi connectivity index (χ2n) is 3.98. The van der Waals surface area contributed by atoms with E-state index in [9.17, 15) is 18.5 Å². The van der Waals surface area contributed by atoms with E-state index in [1.54, 1.807) is 11.8 Å². The van der Waals surface area contributed by atoms with Crippen LogP contribution in [0.15, 0.2) is 23.1 Å². The van der Waals surface area contributed by atoms with Crippen LogP contribution < -0.4 is 5.32 Å². The highest BCUT2D eigenvalue weighted by Crippen LogP contribution is 2.27. The first kappa shape index (κ1) is 15.8. The quantitative estimate of drug-likeness (QED) is 0.472. The van der Waals surface area contributed by atoms with Crippen molar-refractivity contribution in [2.24, 2.45) is 0 Å². The van der Waals surface area contributed by atoms with Crippen LogP contribution in [0.5, 0.6) is 0 Å². The van der Waals surface area contributed by atoms with Crippen LogP contribution in [-0.4, -0.2) is 38.2 Å². The average Bonchev–Trinajstić information content (AvgIpc) is 2.33. The molecule has 19 heavy (non-hydrogen) atoms. The van der Waals surface area contributed by atoms with Gasteiger partial charge in [0.1, 0.15) is 5.69 Å². The minimum atomic E-state index is -3.44. The van der Waals surface area contributed by atoms with Crippen molar-refractivity contribution in [1.29, 1.82) is 0 Å². The van der Waals surface area contributed by atoms with Gasteiger partial charge in [0.05, 0.1) is 9.82 Å². The zero-order chi connectivity index (χ0) is 14.5. The summed E-state index contributed by atoms with van der Waals surface area (Å²) in [6, 6.07) is 3.90. The van der Waals surface area contributed by atoms with Crippen LogP contribution in [0.3, 0.4) is 0 Å². The Bertz CT molecular complexity index is 558. The Labute approximate surface area is 116 Å². The van der Waals surface area contributed by atoms with Crippen LogP contribution in [0.4, 0.5) is 11.4 Å². The maximum Gasteiger partial charge on any atom is 0.293 e. The van der Waals surface area contributed by atoms with Crippen LogP contribution in [0.25, 0.3) is 0 Å². The van der Waals surface area contributed by atoms with E-state index in [1.807, 2.05) is 6.26 Å². The third kappa shape index (κ3) is 4.71. The summed E-state index contributed by atoms with van der Waals surface area (Å²) in [6.07, 6.45) is 3.90. The van der Waals surface area contributed by atoms with Gasteiger partial charge in [-0.3, -0.25) is 10.1 Å². The molecule has 1 aromatic carbocycles. The van der Waals surface area contributed by atoms with Gasteiger partial charge >= 0.3 is 0 Å². The van der Waals surface area contributed by atoms with Crippen molar-refractivity contribution in [3.8, 4) is 0 Å². The molecule has 0 atom stereocenters. The molecule has 0 heterocycles. The Kier molecular flexibility index (Phi) is 5.61. The predicted octanol–water partition coefficient (Wildman–Crippen LogP) is 2.16. The largest absolute Gasteiger partial charge is 0.379 e. The van der Waals surface area contributed by atoms with E-state index in [4.69, 9.17) is 0 Å². The number of nitro groups is 1. The molecule has 0 saturated carbocycles. The summed E-state index contributed by atoms with van der Waals surface area (Å²) in [5.41, 5.74) is 0.130. The number of rotatable bonds is 7. The van der Waals surface area contributed by atoms with Gasteiger partial charge in [0, 0.05) is 18.9 Å². The van der Waals surface area contributed by atoms with Crippen molar-refractivity contribution in [2.75, 3.05) is 30.1 Å². The second-order valence-corrected chi connectivity index (χ2v) is 6.98. The summed E-state index contributed by atoms with van der Waals surface area (Å²) >= 11 is 1.70. The molecule has 0 amide bonds. The van der Waals surface area contributed by atoms with Gasteiger partial charge in [-0.05, 0) is 30.6 Å². The molecular formula is C11H16N2O4S2. The summed E-state index contributed by atoms with van der Waals surface area (Å²) in [5.74, 6) is 0.961. The number of anilines is 1. The Balaban J connectivity index is 2.96. The Morgan fingerprint density at radius 2 is 2.11 bits per heavy atom. The fourth-order valence-corrected chi connectivity index (χ4v) is 2.56. The Morgan fingerprint density at radius 3 is 2.63 bits per heavy atom. The van der Waals surface area contributed by atoms with E-state index >= 15 is 0 Å². The van der Waals surface area contributed by atoms with E-state index < -0.39 is 14.8 Å². The van der Waals surface area contributed by atoms with Gasteiger partial charge in [-0.15, -0.1) is 0 Å². The van der Waals surface area contributed by atoms with E-state index in [1.165, 1.54) is 12.1 Å². The van der Waals surface area contributed by atoms with Gasteiger partial charge in [-0.1, -0.05) is 0 Å². The highest BCUT2D eigenvalue weighted by molar-refractivity contribution is 7.98. The van der Waals surface area contributed by atoms with E-state index in [-0.39, 0.29) is 10.6 Å². The van der Waals surface area contributed by atoms with Crippen molar-refractivity contribution < 1.29 is 13.3 Å². The van der Waals surface area contributed by atoms with Crippen molar-refractivity contribution in [1.82, 2.24) is 0 Å². The average molecular weight is 304 g/mol. The topological polar surface area (TPSA) is 89.3 Å². The molecule has 0 bridgehead atoms. The molecule has 0 aliphatic rings. The van der Waals surface area contributed by atoms with E-state index in [0.29, 0.717) is 12.2 Å². The SMILES string of the molecule is CSCCCNc1ccc(S(C)(=O)=O)cc1[N+](=O)[O-]. The standard InChI is InChI=1S/C11H16N2O4S2/c1-18-7-3-6-12-10-5-4-9(19(2,16)17)8-11(10)13(14)15/h4-5,8,12H,3,6-7H2,1-2H3. The molecule has 1 N–H and O–H groups in total. The molecule has 0 aromatic heterocycles. The predicted molar refractivity (Wildman–Crippen MR) is 77.7 cm³/mol. The molecule has 0 spiro atoms. The van der Waals surface area contributed by atoms with Crippen LogP contribution >= 0.6 is 11.8 Å². The number of nitro benzene ring substituents is 1. The third-order valence-corrected chi connectivity index (χ3v) is 4.24. The number of benzene rings is 1. The molecule has 6 nitrogen and oxygen atoms in total. The molecule has 1 aromatic rings. The molecule has 1 rings (SSSR count). The third-order valence-electron chi connectivity index (χ3n) is 2.43. The molecule has 0 aliphatic carbocycles. The molecule has 106 valence electrons. The van der Waals surface area contributed by atoms with E-state index in [0.717, 1.165) is 24.5 Å². The maximum atomic E-state index is 11.4. The van der Waals surface area contributed by atoms with Crippen molar-refractivity contribution in [3.05, 3.63) is 28.3 Å². The highest BCUT2D eigenvalue weighted by atomic mass is 32.2.